The van der Waals surface area contributed by atoms with E-state index in [2.05, 4.69) is 77.8 Å². The number of benzene rings is 3. The summed E-state index contributed by atoms with van der Waals surface area (Å²) in [6, 6.07) is 19.5. The van der Waals surface area contributed by atoms with Gasteiger partial charge in [-0.05, 0) is 123 Å². The summed E-state index contributed by atoms with van der Waals surface area (Å²) in [5, 5.41) is 39.5. The van der Waals surface area contributed by atoms with E-state index in [1.807, 2.05) is 0 Å². The summed E-state index contributed by atoms with van der Waals surface area (Å²) < 4.78 is 80.2. The normalized spacial score (nSPS) is 11.3. The van der Waals surface area contributed by atoms with Gasteiger partial charge in [-0.2, -0.15) is 0 Å². The van der Waals surface area contributed by atoms with Crippen LogP contribution in [-0.2, 0) is 104 Å². The second-order valence-electron chi connectivity index (χ2n) is 31.7. The number of ether oxygens (including phenoxy) is 10. The van der Waals surface area contributed by atoms with E-state index in [0.29, 0.717) is 193 Å². The molecular weight excluding hydrogens is 1760 g/mol. The summed E-state index contributed by atoms with van der Waals surface area (Å²) in [6.45, 7) is 13.7. The van der Waals surface area contributed by atoms with Crippen molar-refractivity contribution >= 4 is 98.6 Å². The number of anilines is 6. The number of hydrogen-bond acceptors (Lipinski definition) is 25. The third-order valence-electron chi connectivity index (χ3n) is 20.6. The molecule has 135 heavy (non-hydrogen) atoms. The monoisotopic (exact) mass is 1870 g/mol. The van der Waals surface area contributed by atoms with Gasteiger partial charge in [0.15, 0.2) is 17.5 Å². The molecule has 7 aromatic heterocycles. The third kappa shape index (κ3) is 32.7. The molecule has 0 fully saturated rings. The molecule has 7 heterocycles. The average Bonchev–Trinajstić information content (AvgIpc) is 1.68. The molecule has 44 heteroatoms. The fourth-order valence-electron chi connectivity index (χ4n) is 13.7. The van der Waals surface area contributed by atoms with Crippen LogP contribution in [0.4, 0.5) is 38.9 Å². The van der Waals surface area contributed by atoms with Gasteiger partial charge >= 0.3 is 0 Å². The summed E-state index contributed by atoms with van der Waals surface area (Å²) in [5.74, 6) is -2.96. The number of aromatic amines is 1. The molecule has 0 bridgehead atoms. The quantitative estimate of drug-likeness (QED) is 0.00733. The minimum atomic E-state index is -1.23. The van der Waals surface area contributed by atoms with E-state index in [1.54, 1.807) is 156 Å². The maximum atomic E-state index is 14.3. The second-order valence-corrected chi connectivity index (χ2v) is 31.7. The number of aromatic nitrogens is 10. The maximum Gasteiger partial charge on any atom is 0.291 e. The standard InChI is InChI=1S/C91H117FN22O21/c1-59-48-62(92)49-60(2)81(59)135-72-19-14-61(91(3,4)125)50-67(72)69-56-113(9)90(124)80-68(69)53-70(102-80)85(119)99-63-15-17-66(18-16-63)134-47-46-133-45-44-132-43-42-131-41-40-130-39-38-129-37-36-128-35-34-127-33-32-126-31-28-94-76(115)22-25-97-87(121)83-105-74(57-111(83)7)104-79(118)23-26-96-86(120)71-51-64(55-114(71)29-13-11-10-12-24-98-108-93)100-89(123)84-106-73(58-112(84)8)103-77(116)20-21-78(117)107-75-52-65(54-110(75)6)101-88(122)82-95-27-30-109(82)5/h14-19,27,30,48-58,102,125H,10-13,20-26,28-29,31-47H2,1-9H3,(H,94,115)(H,96,120)(H,97,121)(H,99,119)(H,100,123)(H,101,122)(H,103,116)(H,104,118)(H,107,117). The first-order valence-corrected chi connectivity index (χ1v) is 44.0. The molecule has 0 aliphatic rings. The fourth-order valence-corrected chi connectivity index (χ4v) is 13.7. The predicted molar refractivity (Wildman–Crippen MR) is 497 cm³/mol. The Morgan fingerprint density at radius 1 is 0.496 bits per heavy atom. The van der Waals surface area contributed by atoms with Crippen LogP contribution in [-0.4, -0.2) is 244 Å². The van der Waals surface area contributed by atoms with Crippen LogP contribution >= 0.6 is 0 Å². The zero-order valence-electron chi connectivity index (χ0n) is 77.0. The summed E-state index contributed by atoms with van der Waals surface area (Å²) in [6.07, 6.45) is 13.0. The second kappa shape index (κ2) is 52.5. The van der Waals surface area contributed by atoms with Crippen molar-refractivity contribution in [3.8, 4) is 28.4 Å². The van der Waals surface area contributed by atoms with Crippen molar-refractivity contribution in [1.82, 2.24) is 63.3 Å². The Morgan fingerprint density at radius 3 is 1.60 bits per heavy atom. The van der Waals surface area contributed by atoms with E-state index >= 15 is 0 Å². The highest BCUT2D eigenvalue weighted by Gasteiger charge is 2.27. The number of fused-ring (bicyclic) bond motifs is 1. The molecule has 0 saturated heterocycles. The minimum absolute atomic E-state index is 0.00166. The summed E-state index contributed by atoms with van der Waals surface area (Å²) >= 11 is 0. The summed E-state index contributed by atoms with van der Waals surface area (Å²) in [4.78, 5) is 150. The Labute approximate surface area is 777 Å². The number of carbonyl (C=O) groups excluding carboxylic acids is 9. The van der Waals surface area contributed by atoms with Gasteiger partial charge in [0.1, 0.15) is 52.4 Å². The number of azide groups is 1. The van der Waals surface area contributed by atoms with Crippen LogP contribution in [0, 0.1) is 19.7 Å². The van der Waals surface area contributed by atoms with Crippen LogP contribution in [0.1, 0.15) is 135 Å². The van der Waals surface area contributed by atoms with E-state index in [-0.39, 0.29) is 128 Å². The lowest BCUT2D eigenvalue weighted by atomic mass is 9.93. The summed E-state index contributed by atoms with van der Waals surface area (Å²) in [7, 11) is 8.08. The molecule has 724 valence electrons. The van der Waals surface area contributed by atoms with Crippen LogP contribution < -0.4 is 62.9 Å². The molecule has 9 amide bonds. The van der Waals surface area contributed by atoms with E-state index in [4.69, 9.17) is 52.9 Å². The zero-order valence-corrected chi connectivity index (χ0v) is 77.0. The highest BCUT2D eigenvalue weighted by Crippen LogP contribution is 2.41. The lowest BCUT2D eigenvalue weighted by Gasteiger charge is -2.22. The topological polar surface area (TPSA) is 524 Å². The van der Waals surface area contributed by atoms with Crippen molar-refractivity contribution in [2.75, 3.05) is 170 Å². The number of unbranched alkanes of at least 4 members (excludes halogenated alkanes) is 3. The van der Waals surface area contributed by atoms with Crippen LogP contribution in [0.5, 0.6) is 17.2 Å². The van der Waals surface area contributed by atoms with Gasteiger partial charge in [0, 0.05) is 170 Å². The smallest absolute Gasteiger partial charge is 0.291 e. The fraction of sp³-hybridized carbons (Fsp3) is 0.440. The Hall–Kier alpha value is -14.0. The molecular formula is C91H117FN22O21. The number of nitrogens with one attached hydrogen (secondary N) is 10. The number of aryl methyl sites for hydroxylation is 8. The first kappa shape index (κ1) is 103. The van der Waals surface area contributed by atoms with Crippen molar-refractivity contribution in [1.29, 1.82) is 0 Å². The van der Waals surface area contributed by atoms with Crippen LogP contribution in [0.3, 0.4) is 0 Å². The van der Waals surface area contributed by atoms with Gasteiger partial charge in [-0.3, -0.25) is 47.9 Å². The third-order valence-corrected chi connectivity index (χ3v) is 20.6. The van der Waals surface area contributed by atoms with Crippen molar-refractivity contribution in [3.05, 3.63) is 188 Å². The van der Waals surface area contributed by atoms with Crippen LogP contribution in [0.2, 0.25) is 0 Å². The molecule has 0 spiro atoms. The molecule has 0 aliphatic carbocycles. The Bertz CT molecular complexity index is 5780. The Morgan fingerprint density at radius 2 is 1.02 bits per heavy atom. The molecule has 11 N–H and O–H groups in total. The number of aliphatic hydroxyl groups is 1. The molecule has 0 radical (unpaired) electrons. The predicted octanol–water partition coefficient (Wildman–Crippen LogP) is 8.84. The minimum Gasteiger partial charge on any atom is -0.491 e. The van der Waals surface area contributed by atoms with Crippen LogP contribution in [0.15, 0.2) is 126 Å². The Kier molecular flexibility index (Phi) is 40.1. The number of halogens is 1. The first-order valence-electron chi connectivity index (χ1n) is 44.0. The molecule has 0 atom stereocenters. The van der Waals surface area contributed by atoms with Gasteiger partial charge in [0.2, 0.25) is 35.3 Å². The van der Waals surface area contributed by atoms with Gasteiger partial charge in [-0.1, -0.05) is 24.0 Å². The molecule has 10 rings (SSSR count). The van der Waals surface area contributed by atoms with Gasteiger partial charge < -0.3 is 133 Å². The van der Waals surface area contributed by atoms with Crippen molar-refractivity contribution in [3.63, 3.8) is 0 Å². The molecule has 3 aromatic carbocycles. The van der Waals surface area contributed by atoms with E-state index in [9.17, 15) is 57.4 Å². The van der Waals surface area contributed by atoms with Crippen molar-refractivity contribution in [2.45, 2.75) is 91.2 Å². The van der Waals surface area contributed by atoms with E-state index in [0.717, 1.165) is 12.8 Å². The molecule has 10 aromatic rings. The largest absolute Gasteiger partial charge is 0.491 e. The van der Waals surface area contributed by atoms with Gasteiger partial charge in [0.25, 0.3) is 35.1 Å². The van der Waals surface area contributed by atoms with Crippen molar-refractivity contribution in [2.24, 2.45) is 40.4 Å². The van der Waals surface area contributed by atoms with Crippen LogP contribution in [0.25, 0.3) is 32.5 Å². The molecule has 43 nitrogen and oxygen atoms in total. The van der Waals surface area contributed by atoms with Gasteiger partial charge in [0.05, 0.1) is 123 Å². The maximum absolute atomic E-state index is 14.3. The number of H-pyrrole nitrogens is 1. The lowest BCUT2D eigenvalue weighted by Crippen LogP contribution is -2.33. The lowest BCUT2D eigenvalue weighted by molar-refractivity contribution is -0.121. The SMILES string of the molecule is Cc1cc(F)cc(C)c1Oc1ccc(C(C)(C)O)cc1-c1cn(C)c(=O)c2[nH]c(C(=O)Nc3ccc(OCCOCCOCCOCCOCCOCCOCCOCCOCCNC(=O)CCNC(=O)c4nc(NC(=O)CCNC(=O)c5cc(NC(=O)c6nc(NC(=O)CCC(=O)Nc7cc(NC(=O)c8nccn8C)cn7C)cn6C)cn5CCCCCCN=[N+]=[N-])cn4C)cc3)cc12. The number of hydrogen-bond donors (Lipinski definition) is 11. The Balaban J connectivity index is 0.497. The van der Waals surface area contributed by atoms with E-state index < -0.39 is 52.9 Å². The number of nitrogens with zero attached hydrogens (tertiary/aromatic N) is 12. The van der Waals surface area contributed by atoms with Crippen molar-refractivity contribution < 1.29 is 100 Å². The highest BCUT2D eigenvalue weighted by molar-refractivity contribution is 6.09. The number of carbonyl (C=O) groups is 9. The summed E-state index contributed by atoms with van der Waals surface area (Å²) in [5.41, 5.74) is 11.6. The number of amides is 9. The number of pyridine rings is 1. The molecule has 0 saturated carbocycles. The molecule has 0 unspecified atom stereocenters. The number of rotatable bonds is 59. The average molecular weight is 1870 g/mol. The van der Waals surface area contributed by atoms with Gasteiger partial charge in [-0.15, -0.1) is 0 Å². The van der Waals surface area contributed by atoms with E-state index in [1.165, 1.54) is 50.5 Å². The first-order chi connectivity index (χ1) is 65.0. The van der Waals surface area contributed by atoms with Gasteiger partial charge in [-0.25, -0.2) is 19.3 Å². The zero-order chi connectivity index (χ0) is 96.8. The number of imidazole rings is 3. The molecule has 0 aliphatic heterocycles. The highest BCUT2D eigenvalue weighted by atomic mass is 19.1.